The summed E-state index contributed by atoms with van der Waals surface area (Å²) >= 11 is 1.39. The number of hydrogen-bond acceptors (Lipinski definition) is 7. The lowest BCUT2D eigenvalue weighted by molar-refractivity contribution is 0.0320. The van der Waals surface area contributed by atoms with Crippen LogP contribution < -0.4 is 10.3 Å². The lowest BCUT2D eigenvalue weighted by Crippen LogP contribution is -2.25. The summed E-state index contributed by atoms with van der Waals surface area (Å²) in [5.41, 5.74) is -0.509. The average Bonchev–Trinajstić information content (AvgIpc) is 3.09. The summed E-state index contributed by atoms with van der Waals surface area (Å²) in [4.78, 5) is 26.0. The summed E-state index contributed by atoms with van der Waals surface area (Å²) in [7, 11) is 0. The van der Waals surface area contributed by atoms with Crippen molar-refractivity contribution in [2.24, 2.45) is 0 Å². The van der Waals surface area contributed by atoms with Gasteiger partial charge in [0.25, 0.3) is 5.56 Å². The van der Waals surface area contributed by atoms with Crippen molar-refractivity contribution in [3.05, 3.63) is 47.0 Å². The van der Waals surface area contributed by atoms with E-state index in [4.69, 9.17) is 4.74 Å². The standard InChI is InChI=1S/C17H17N5O3S/c1-4-7-21-15(23)10-8-18-16(26-3)20-14(10)22(21)12-6-5-11-13(19-12)17(2,24)9-25-11/h4-6,8,24H,1,7,9H2,2-3H3. The van der Waals surface area contributed by atoms with Crippen LogP contribution in [0.2, 0.25) is 0 Å². The van der Waals surface area contributed by atoms with Crippen LogP contribution in [0.4, 0.5) is 0 Å². The predicted molar refractivity (Wildman–Crippen MR) is 98.0 cm³/mol. The number of aliphatic hydroxyl groups is 1. The van der Waals surface area contributed by atoms with Gasteiger partial charge in [-0.2, -0.15) is 0 Å². The molecular formula is C17H17N5O3S. The van der Waals surface area contributed by atoms with E-state index in [0.29, 0.717) is 33.5 Å². The Labute approximate surface area is 153 Å². The van der Waals surface area contributed by atoms with Gasteiger partial charge in [0.1, 0.15) is 29.0 Å². The molecule has 1 aliphatic heterocycles. The fraction of sp³-hybridized carbons (Fsp3) is 0.294. The first-order chi connectivity index (χ1) is 12.5. The Kier molecular flexibility index (Phi) is 3.85. The Bertz CT molecular complexity index is 1090. The predicted octanol–water partition coefficient (Wildman–Crippen LogP) is 1.48. The summed E-state index contributed by atoms with van der Waals surface area (Å²) in [5, 5.41) is 11.4. The summed E-state index contributed by atoms with van der Waals surface area (Å²) in [6.45, 7) is 5.80. The largest absolute Gasteiger partial charge is 0.488 e. The van der Waals surface area contributed by atoms with E-state index >= 15 is 0 Å². The molecule has 4 heterocycles. The van der Waals surface area contributed by atoms with Gasteiger partial charge in [-0.3, -0.25) is 4.79 Å². The highest BCUT2D eigenvalue weighted by Crippen LogP contribution is 2.35. The van der Waals surface area contributed by atoms with E-state index in [-0.39, 0.29) is 18.7 Å². The van der Waals surface area contributed by atoms with E-state index in [0.717, 1.165) is 0 Å². The van der Waals surface area contributed by atoms with Gasteiger partial charge in [-0.05, 0) is 25.3 Å². The summed E-state index contributed by atoms with van der Waals surface area (Å²) in [6.07, 6.45) is 5.03. The molecule has 1 N–H and O–H groups in total. The lowest BCUT2D eigenvalue weighted by Gasteiger charge is -2.15. The number of ether oxygens (including phenoxy) is 1. The number of nitrogens with zero attached hydrogens (tertiary/aromatic N) is 5. The van der Waals surface area contributed by atoms with Crippen LogP contribution in [-0.2, 0) is 12.1 Å². The fourth-order valence-electron chi connectivity index (χ4n) is 2.97. The van der Waals surface area contributed by atoms with Crippen molar-refractivity contribution in [1.29, 1.82) is 0 Å². The average molecular weight is 371 g/mol. The number of allylic oxidation sites excluding steroid dienone is 1. The molecule has 0 bridgehead atoms. The maximum atomic E-state index is 12.8. The van der Waals surface area contributed by atoms with Crippen molar-refractivity contribution in [3.63, 3.8) is 0 Å². The van der Waals surface area contributed by atoms with Gasteiger partial charge in [-0.15, -0.1) is 6.58 Å². The molecule has 0 spiro atoms. The van der Waals surface area contributed by atoms with Gasteiger partial charge in [0, 0.05) is 6.20 Å². The number of hydrogen-bond donors (Lipinski definition) is 1. The minimum atomic E-state index is -1.18. The van der Waals surface area contributed by atoms with E-state index < -0.39 is 5.60 Å². The van der Waals surface area contributed by atoms with Crippen LogP contribution in [0.25, 0.3) is 16.9 Å². The van der Waals surface area contributed by atoms with Gasteiger partial charge >= 0.3 is 0 Å². The molecule has 0 aromatic carbocycles. The molecular weight excluding hydrogens is 354 g/mol. The molecule has 0 fully saturated rings. The van der Waals surface area contributed by atoms with E-state index in [9.17, 15) is 9.90 Å². The van der Waals surface area contributed by atoms with Crippen molar-refractivity contribution in [1.82, 2.24) is 24.3 Å². The van der Waals surface area contributed by atoms with Crippen molar-refractivity contribution in [2.75, 3.05) is 12.9 Å². The highest BCUT2D eigenvalue weighted by Gasteiger charge is 2.36. The Hall–Kier alpha value is -2.65. The highest BCUT2D eigenvalue weighted by molar-refractivity contribution is 7.98. The van der Waals surface area contributed by atoms with Crippen LogP contribution in [0.5, 0.6) is 5.75 Å². The second kappa shape index (κ2) is 5.96. The van der Waals surface area contributed by atoms with Gasteiger partial charge in [0.2, 0.25) is 0 Å². The molecule has 4 rings (SSSR count). The van der Waals surface area contributed by atoms with E-state index in [1.54, 1.807) is 29.8 Å². The molecule has 26 heavy (non-hydrogen) atoms. The fourth-order valence-corrected chi connectivity index (χ4v) is 3.31. The molecule has 0 saturated heterocycles. The van der Waals surface area contributed by atoms with Crippen molar-refractivity contribution in [2.45, 2.75) is 24.2 Å². The number of fused-ring (bicyclic) bond motifs is 2. The van der Waals surface area contributed by atoms with E-state index in [1.807, 2.05) is 6.26 Å². The third-order valence-corrected chi connectivity index (χ3v) is 4.78. The molecule has 1 unspecified atom stereocenters. The first-order valence-corrected chi connectivity index (χ1v) is 9.19. The summed E-state index contributed by atoms with van der Waals surface area (Å²) in [5.74, 6) is 1.00. The van der Waals surface area contributed by atoms with Crippen LogP contribution in [-0.4, -0.2) is 42.3 Å². The van der Waals surface area contributed by atoms with Crippen LogP contribution in [0.1, 0.15) is 12.6 Å². The monoisotopic (exact) mass is 371 g/mol. The first-order valence-electron chi connectivity index (χ1n) is 7.97. The maximum absolute atomic E-state index is 12.8. The van der Waals surface area contributed by atoms with Crippen LogP contribution in [0, 0.1) is 0 Å². The molecule has 8 nitrogen and oxygen atoms in total. The number of aromatic nitrogens is 5. The zero-order valence-corrected chi connectivity index (χ0v) is 15.2. The second-order valence-corrected chi connectivity index (χ2v) is 6.93. The zero-order chi connectivity index (χ0) is 18.5. The third kappa shape index (κ3) is 2.43. The Morgan fingerprint density at radius 3 is 3.00 bits per heavy atom. The first kappa shape index (κ1) is 16.8. The number of pyridine rings is 1. The van der Waals surface area contributed by atoms with Crippen molar-refractivity contribution in [3.8, 4) is 11.6 Å². The van der Waals surface area contributed by atoms with Crippen LogP contribution in [0.3, 0.4) is 0 Å². The number of rotatable bonds is 4. The van der Waals surface area contributed by atoms with E-state index in [2.05, 4.69) is 21.5 Å². The highest BCUT2D eigenvalue weighted by atomic mass is 32.2. The molecule has 0 radical (unpaired) electrons. The second-order valence-electron chi connectivity index (χ2n) is 6.16. The normalized spacial score (nSPS) is 18.7. The van der Waals surface area contributed by atoms with Crippen LogP contribution >= 0.6 is 11.8 Å². The van der Waals surface area contributed by atoms with Gasteiger partial charge in [-0.25, -0.2) is 24.3 Å². The maximum Gasteiger partial charge on any atom is 0.278 e. The van der Waals surface area contributed by atoms with Crippen LogP contribution in [0.15, 0.2) is 40.9 Å². The summed E-state index contributed by atoms with van der Waals surface area (Å²) in [6, 6.07) is 3.48. The third-order valence-electron chi connectivity index (χ3n) is 4.22. The zero-order valence-electron chi connectivity index (χ0n) is 14.3. The Morgan fingerprint density at radius 2 is 2.27 bits per heavy atom. The quantitative estimate of drug-likeness (QED) is 0.422. The van der Waals surface area contributed by atoms with Crippen molar-refractivity contribution < 1.29 is 9.84 Å². The molecule has 9 heteroatoms. The lowest BCUT2D eigenvalue weighted by atomic mass is 10.1. The molecule has 3 aromatic rings. The molecule has 0 saturated carbocycles. The minimum Gasteiger partial charge on any atom is -0.488 e. The number of thioether (sulfide) groups is 1. The minimum absolute atomic E-state index is 0.142. The molecule has 1 atom stereocenters. The molecule has 3 aromatic heterocycles. The van der Waals surface area contributed by atoms with Gasteiger partial charge < -0.3 is 9.84 Å². The topological polar surface area (TPSA) is 95.1 Å². The van der Waals surface area contributed by atoms with Gasteiger partial charge in [0.15, 0.2) is 16.6 Å². The molecule has 134 valence electrons. The Morgan fingerprint density at radius 1 is 1.46 bits per heavy atom. The molecule has 0 aliphatic carbocycles. The Balaban J connectivity index is 2.03. The van der Waals surface area contributed by atoms with Gasteiger partial charge in [0.05, 0.1) is 6.54 Å². The smallest absolute Gasteiger partial charge is 0.278 e. The molecule has 1 aliphatic rings. The molecule has 0 amide bonds. The summed E-state index contributed by atoms with van der Waals surface area (Å²) < 4.78 is 8.61. The van der Waals surface area contributed by atoms with E-state index in [1.165, 1.54) is 22.6 Å². The van der Waals surface area contributed by atoms with Gasteiger partial charge in [-0.1, -0.05) is 17.8 Å². The SMILES string of the molecule is C=CCn1c(=O)c2cnc(SC)nc2n1-c1ccc2c(n1)C(C)(O)CO2. The van der Waals surface area contributed by atoms with Crippen molar-refractivity contribution >= 4 is 22.8 Å².